The highest BCUT2D eigenvalue weighted by Crippen LogP contribution is 2.55. The lowest BCUT2D eigenvalue weighted by atomic mass is 9.75. The maximum Gasteiger partial charge on any atom is 0.424 e. The molecule has 0 N–H and O–H groups in total. The topological polar surface area (TPSA) is 72.9 Å². The molecule has 2 fully saturated rings. The van der Waals surface area contributed by atoms with E-state index in [0.717, 1.165) is 22.7 Å². The van der Waals surface area contributed by atoms with E-state index in [9.17, 15) is 13.2 Å². The highest BCUT2D eigenvalue weighted by atomic mass is 35.5. The third kappa shape index (κ3) is 4.38. The zero-order chi connectivity index (χ0) is 24.0. The van der Waals surface area contributed by atoms with Gasteiger partial charge in [0.2, 0.25) is 0 Å². The van der Waals surface area contributed by atoms with Crippen molar-refractivity contribution in [1.29, 1.82) is 0 Å². The Hall–Kier alpha value is -2.09. The quantitative estimate of drug-likeness (QED) is 0.517. The molecule has 0 spiro atoms. The maximum absolute atomic E-state index is 13.5. The van der Waals surface area contributed by atoms with Crippen molar-refractivity contribution in [3.8, 4) is 0 Å². The summed E-state index contributed by atoms with van der Waals surface area (Å²) < 4.78 is 40.1. The van der Waals surface area contributed by atoms with Crippen molar-refractivity contribution in [2.75, 3.05) is 0 Å². The van der Waals surface area contributed by atoms with E-state index in [1.807, 2.05) is 13.8 Å². The fourth-order valence-electron chi connectivity index (χ4n) is 4.78. The van der Waals surface area contributed by atoms with E-state index in [2.05, 4.69) is 13.8 Å². The van der Waals surface area contributed by atoms with Gasteiger partial charge in [0.05, 0.1) is 17.0 Å². The molecule has 6 nitrogen and oxygen atoms in total. The van der Waals surface area contributed by atoms with Gasteiger partial charge in [-0.1, -0.05) is 61.3 Å². The average Bonchev–Trinajstić information content (AvgIpc) is 3.25. The number of aryl methyl sites for hydroxylation is 1. The summed E-state index contributed by atoms with van der Waals surface area (Å²) in [6.07, 6.45) is 0.774. The number of sulfonamides is 1. The van der Waals surface area contributed by atoms with Gasteiger partial charge >= 0.3 is 6.09 Å². The third-order valence-electron chi connectivity index (χ3n) is 7.07. The molecule has 2 bridgehead atoms. The van der Waals surface area contributed by atoms with Gasteiger partial charge < -0.3 is 9.47 Å². The molecule has 2 aliphatic rings. The van der Waals surface area contributed by atoms with Crippen molar-refractivity contribution >= 4 is 27.7 Å². The molecule has 33 heavy (non-hydrogen) atoms. The van der Waals surface area contributed by atoms with Crippen LogP contribution in [0.2, 0.25) is 5.02 Å². The Kier molecular flexibility index (Phi) is 6.27. The number of rotatable bonds is 6. The normalized spacial score (nSPS) is 26.5. The fourth-order valence-corrected chi connectivity index (χ4v) is 6.26. The van der Waals surface area contributed by atoms with Gasteiger partial charge in [0.15, 0.2) is 0 Å². The number of fused-ring (bicyclic) bond motifs is 2. The number of amides is 1. The molecular weight excluding hydrogens is 462 g/mol. The van der Waals surface area contributed by atoms with Crippen LogP contribution in [0.1, 0.15) is 51.2 Å². The van der Waals surface area contributed by atoms with E-state index in [4.69, 9.17) is 21.1 Å². The minimum absolute atomic E-state index is 0.0196. The van der Waals surface area contributed by atoms with Crippen LogP contribution in [0, 0.1) is 12.8 Å². The summed E-state index contributed by atoms with van der Waals surface area (Å²) in [5.41, 5.74) is 0.466. The molecule has 2 aliphatic heterocycles. The number of halogens is 1. The largest absolute Gasteiger partial charge is 0.442 e. The zero-order valence-corrected chi connectivity index (χ0v) is 20.9. The van der Waals surface area contributed by atoms with Crippen LogP contribution in [0.5, 0.6) is 0 Å². The summed E-state index contributed by atoms with van der Waals surface area (Å²) in [4.78, 5) is 13.4. The number of ether oxygens (including phenoxy) is 2. The first-order chi connectivity index (χ1) is 15.5. The molecule has 2 aromatic rings. The van der Waals surface area contributed by atoms with Crippen molar-refractivity contribution in [1.82, 2.24) is 4.31 Å². The number of nitrogens with zero attached hydrogens (tertiary/aromatic N) is 1. The molecule has 2 aromatic carbocycles. The highest BCUT2D eigenvalue weighted by molar-refractivity contribution is 7.89. The zero-order valence-electron chi connectivity index (χ0n) is 19.4. The van der Waals surface area contributed by atoms with Crippen LogP contribution in [-0.4, -0.2) is 36.1 Å². The maximum atomic E-state index is 13.5. The van der Waals surface area contributed by atoms with Crippen LogP contribution >= 0.6 is 11.6 Å². The lowest BCUT2D eigenvalue weighted by molar-refractivity contribution is -0.0827. The molecule has 178 valence electrons. The van der Waals surface area contributed by atoms with Crippen LogP contribution < -0.4 is 0 Å². The molecule has 0 aliphatic carbocycles. The van der Waals surface area contributed by atoms with Gasteiger partial charge in [-0.3, -0.25) is 0 Å². The van der Waals surface area contributed by atoms with Gasteiger partial charge in [0.1, 0.15) is 11.7 Å². The first kappa shape index (κ1) is 24.0. The Bertz CT molecular complexity index is 1150. The van der Waals surface area contributed by atoms with Crippen LogP contribution in [0.15, 0.2) is 53.4 Å². The average molecular weight is 492 g/mol. The minimum atomic E-state index is -4.18. The SMILES string of the molecule is Cc1ccc(S(=O)(=O)N(Cc2ccccc2Cl)C(=O)O[C@H]2C[C@]3(C(C)C)CC[C@]2(C)O3)cc1. The first-order valence-corrected chi connectivity index (χ1v) is 13.0. The molecule has 0 radical (unpaired) electrons. The molecule has 1 amide bonds. The second-order valence-electron chi connectivity index (χ2n) is 9.63. The number of benzene rings is 2. The number of hydrogen-bond donors (Lipinski definition) is 0. The van der Waals surface area contributed by atoms with Crippen molar-refractivity contribution in [3.63, 3.8) is 0 Å². The molecular formula is C25H30ClNO5S. The fraction of sp³-hybridized carbons (Fsp3) is 0.480. The van der Waals surface area contributed by atoms with E-state index in [1.54, 1.807) is 36.4 Å². The van der Waals surface area contributed by atoms with E-state index in [1.165, 1.54) is 12.1 Å². The summed E-state index contributed by atoms with van der Waals surface area (Å²) in [6, 6.07) is 13.2. The summed E-state index contributed by atoms with van der Waals surface area (Å²) in [7, 11) is -4.18. The number of carbonyl (C=O) groups is 1. The molecule has 2 heterocycles. The van der Waals surface area contributed by atoms with Gasteiger partial charge in [-0.2, -0.15) is 4.31 Å². The van der Waals surface area contributed by atoms with E-state index in [-0.39, 0.29) is 23.0 Å². The van der Waals surface area contributed by atoms with Gasteiger partial charge in [-0.05, 0) is 56.4 Å². The lowest BCUT2D eigenvalue weighted by Gasteiger charge is -2.32. The van der Waals surface area contributed by atoms with Crippen molar-refractivity contribution in [2.24, 2.45) is 5.92 Å². The molecule has 0 aromatic heterocycles. The number of hydrogen-bond acceptors (Lipinski definition) is 5. The Morgan fingerprint density at radius 1 is 1.18 bits per heavy atom. The monoisotopic (exact) mass is 491 g/mol. The smallest absolute Gasteiger partial charge is 0.424 e. The molecule has 0 saturated carbocycles. The second-order valence-corrected chi connectivity index (χ2v) is 11.9. The van der Waals surface area contributed by atoms with Gasteiger partial charge in [-0.15, -0.1) is 0 Å². The first-order valence-electron chi connectivity index (χ1n) is 11.2. The Morgan fingerprint density at radius 2 is 1.85 bits per heavy atom. The van der Waals surface area contributed by atoms with Crippen LogP contribution in [0.4, 0.5) is 4.79 Å². The molecule has 4 rings (SSSR count). The van der Waals surface area contributed by atoms with Gasteiger partial charge in [0.25, 0.3) is 10.0 Å². The molecule has 3 atom stereocenters. The van der Waals surface area contributed by atoms with Crippen LogP contribution in [-0.2, 0) is 26.0 Å². The molecule has 8 heteroatoms. The van der Waals surface area contributed by atoms with Crippen LogP contribution in [0.3, 0.4) is 0 Å². The van der Waals surface area contributed by atoms with Gasteiger partial charge in [0, 0.05) is 11.4 Å². The lowest BCUT2D eigenvalue weighted by Crippen LogP contribution is -2.45. The highest BCUT2D eigenvalue weighted by Gasteiger charge is 2.62. The predicted octanol–water partition coefficient (Wildman–Crippen LogP) is 5.71. The summed E-state index contributed by atoms with van der Waals surface area (Å²) >= 11 is 6.29. The van der Waals surface area contributed by atoms with Gasteiger partial charge in [-0.25, -0.2) is 13.2 Å². The Morgan fingerprint density at radius 3 is 2.45 bits per heavy atom. The van der Waals surface area contributed by atoms with Crippen LogP contribution in [0.25, 0.3) is 0 Å². The van der Waals surface area contributed by atoms with E-state index < -0.39 is 27.8 Å². The summed E-state index contributed by atoms with van der Waals surface area (Å²) in [6.45, 7) is 7.78. The minimum Gasteiger partial charge on any atom is -0.442 e. The van der Waals surface area contributed by atoms with Crippen molar-refractivity contribution in [3.05, 3.63) is 64.7 Å². The predicted molar refractivity (Wildman–Crippen MR) is 127 cm³/mol. The molecule has 0 unspecified atom stereocenters. The second kappa shape index (κ2) is 8.60. The van der Waals surface area contributed by atoms with Crippen molar-refractivity contribution in [2.45, 2.75) is 75.7 Å². The summed E-state index contributed by atoms with van der Waals surface area (Å²) in [5, 5.41) is 0.378. The van der Waals surface area contributed by atoms with E-state index in [0.29, 0.717) is 17.0 Å². The van der Waals surface area contributed by atoms with E-state index >= 15 is 0 Å². The van der Waals surface area contributed by atoms with Crippen molar-refractivity contribution < 1.29 is 22.7 Å². The summed E-state index contributed by atoms with van der Waals surface area (Å²) in [5.74, 6) is 0.263. The third-order valence-corrected chi connectivity index (χ3v) is 9.17. The molecule has 2 saturated heterocycles. The standard InChI is InChI=1S/C25H30ClNO5S/c1-17(2)25-14-13-24(4,32-25)22(15-25)31-23(28)27(16-19-7-5-6-8-21(19)26)33(29,30)20-11-9-18(3)10-12-20/h5-12,17,22H,13-16H2,1-4H3/t22-,24-,25-/m0/s1. The Balaban J connectivity index is 1.65. The number of carbonyl (C=O) groups excluding carboxylic acids is 1. The Labute approximate surface area is 200 Å².